The monoisotopic (exact) mass is 231 g/mol. The highest BCUT2D eigenvalue weighted by Gasteiger charge is 2.02. The Balaban J connectivity index is 2.67. The van der Waals surface area contributed by atoms with Gasteiger partial charge in [-0.3, -0.25) is 9.59 Å². The molecule has 0 fully saturated rings. The molecule has 2 N–H and O–H groups in total. The predicted molar refractivity (Wildman–Crippen MR) is 64.5 cm³/mol. The lowest BCUT2D eigenvalue weighted by Gasteiger charge is -2.04. The van der Waals surface area contributed by atoms with E-state index in [1.165, 1.54) is 0 Å². The molecule has 0 spiro atoms. The van der Waals surface area contributed by atoms with E-state index in [1.807, 2.05) is 6.07 Å². The second-order valence-electron chi connectivity index (χ2n) is 3.42. The first-order valence-corrected chi connectivity index (χ1v) is 5.16. The Morgan fingerprint density at radius 2 is 2.18 bits per heavy atom. The van der Waals surface area contributed by atoms with Gasteiger partial charge in [-0.05, 0) is 37.0 Å². The largest absolute Gasteiger partial charge is 0.481 e. The summed E-state index contributed by atoms with van der Waals surface area (Å²) < 4.78 is 0. The lowest BCUT2D eigenvalue weighted by Crippen LogP contribution is -2.08. The molecule has 0 aromatic heterocycles. The van der Waals surface area contributed by atoms with Crippen LogP contribution in [0.2, 0.25) is 0 Å². The average Bonchev–Trinajstić information content (AvgIpc) is 2.27. The SMILES string of the molecule is CC#CC(=O)Nc1cccc(CCC(=O)O)c1. The Morgan fingerprint density at radius 3 is 2.82 bits per heavy atom. The summed E-state index contributed by atoms with van der Waals surface area (Å²) in [6, 6.07) is 7.08. The molecule has 0 saturated heterocycles. The van der Waals surface area contributed by atoms with E-state index in [9.17, 15) is 9.59 Å². The fraction of sp³-hybridized carbons (Fsp3) is 0.231. The minimum absolute atomic E-state index is 0.0756. The number of hydrogen-bond acceptors (Lipinski definition) is 2. The molecule has 4 nitrogen and oxygen atoms in total. The van der Waals surface area contributed by atoms with E-state index in [2.05, 4.69) is 17.2 Å². The summed E-state index contributed by atoms with van der Waals surface area (Å²) in [5, 5.41) is 11.2. The number of rotatable bonds is 4. The van der Waals surface area contributed by atoms with E-state index < -0.39 is 5.97 Å². The van der Waals surface area contributed by atoms with Crippen LogP contribution in [0.3, 0.4) is 0 Å². The van der Waals surface area contributed by atoms with Gasteiger partial charge >= 0.3 is 5.97 Å². The first-order valence-electron chi connectivity index (χ1n) is 5.16. The molecule has 17 heavy (non-hydrogen) atoms. The zero-order valence-electron chi connectivity index (χ0n) is 9.49. The molecule has 88 valence electrons. The van der Waals surface area contributed by atoms with Crippen LogP contribution in [0.15, 0.2) is 24.3 Å². The smallest absolute Gasteiger partial charge is 0.303 e. The van der Waals surface area contributed by atoms with Gasteiger partial charge in [0.05, 0.1) is 0 Å². The van der Waals surface area contributed by atoms with Crippen molar-refractivity contribution in [2.75, 3.05) is 5.32 Å². The highest BCUT2D eigenvalue weighted by Crippen LogP contribution is 2.12. The van der Waals surface area contributed by atoms with Gasteiger partial charge in [0.25, 0.3) is 5.91 Å². The second-order valence-corrected chi connectivity index (χ2v) is 3.42. The van der Waals surface area contributed by atoms with Crippen molar-refractivity contribution in [1.29, 1.82) is 0 Å². The van der Waals surface area contributed by atoms with Crippen molar-refractivity contribution >= 4 is 17.6 Å². The first kappa shape index (κ1) is 12.8. The molecule has 0 aliphatic rings. The molecular weight excluding hydrogens is 218 g/mol. The van der Waals surface area contributed by atoms with E-state index in [0.717, 1.165) is 5.56 Å². The maximum atomic E-state index is 11.2. The fourth-order valence-electron chi connectivity index (χ4n) is 1.33. The highest BCUT2D eigenvalue weighted by molar-refractivity contribution is 6.03. The summed E-state index contributed by atoms with van der Waals surface area (Å²) in [4.78, 5) is 21.6. The molecule has 1 rings (SSSR count). The topological polar surface area (TPSA) is 66.4 Å². The lowest BCUT2D eigenvalue weighted by molar-refractivity contribution is -0.137. The number of carboxylic acid groups (broad SMARTS) is 1. The predicted octanol–water partition coefficient (Wildman–Crippen LogP) is 1.67. The van der Waals surface area contributed by atoms with Gasteiger partial charge in [-0.2, -0.15) is 0 Å². The van der Waals surface area contributed by atoms with Crippen LogP contribution in [0.1, 0.15) is 18.9 Å². The summed E-state index contributed by atoms with van der Waals surface area (Å²) in [6.07, 6.45) is 0.519. The van der Waals surface area contributed by atoms with Crippen LogP contribution in [0, 0.1) is 11.8 Å². The number of benzene rings is 1. The zero-order valence-corrected chi connectivity index (χ0v) is 9.49. The molecule has 4 heteroatoms. The normalized spacial score (nSPS) is 9.00. The van der Waals surface area contributed by atoms with Crippen molar-refractivity contribution in [1.82, 2.24) is 0 Å². The van der Waals surface area contributed by atoms with Gasteiger partial charge in [0.2, 0.25) is 0 Å². The molecule has 0 saturated carbocycles. The van der Waals surface area contributed by atoms with E-state index in [-0.39, 0.29) is 12.3 Å². The number of carbonyl (C=O) groups is 2. The molecule has 0 aliphatic carbocycles. The molecular formula is C13H13NO3. The van der Waals surface area contributed by atoms with E-state index in [0.29, 0.717) is 12.1 Å². The first-order chi connectivity index (χ1) is 8.11. The number of hydrogen-bond donors (Lipinski definition) is 2. The minimum Gasteiger partial charge on any atom is -0.481 e. The van der Waals surface area contributed by atoms with Gasteiger partial charge in [0.15, 0.2) is 0 Å². The quantitative estimate of drug-likeness (QED) is 0.774. The standard InChI is InChI=1S/C13H13NO3/c1-2-4-12(15)14-11-6-3-5-10(9-11)7-8-13(16)17/h3,5-6,9H,7-8H2,1H3,(H,14,15)(H,16,17). The lowest BCUT2D eigenvalue weighted by atomic mass is 10.1. The van der Waals surface area contributed by atoms with Gasteiger partial charge in [-0.1, -0.05) is 18.1 Å². The third kappa shape index (κ3) is 4.85. The van der Waals surface area contributed by atoms with Crippen LogP contribution in [0.4, 0.5) is 5.69 Å². The number of aliphatic carboxylic acids is 1. The Labute approximate surface area is 99.7 Å². The summed E-state index contributed by atoms with van der Waals surface area (Å²) in [5.74, 6) is 3.66. The third-order valence-electron chi connectivity index (χ3n) is 2.05. The van der Waals surface area contributed by atoms with Gasteiger partial charge in [-0.25, -0.2) is 0 Å². The Morgan fingerprint density at radius 1 is 1.41 bits per heavy atom. The van der Waals surface area contributed by atoms with Crippen LogP contribution in [-0.2, 0) is 16.0 Å². The third-order valence-corrected chi connectivity index (χ3v) is 2.05. The number of amides is 1. The molecule has 1 aromatic rings. The van der Waals surface area contributed by atoms with Crippen molar-refractivity contribution in [3.63, 3.8) is 0 Å². The number of aryl methyl sites for hydroxylation is 1. The molecule has 0 aliphatic heterocycles. The second kappa shape index (κ2) is 6.33. The maximum Gasteiger partial charge on any atom is 0.303 e. The van der Waals surface area contributed by atoms with Crippen LogP contribution < -0.4 is 5.32 Å². The fourth-order valence-corrected chi connectivity index (χ4v) is 1.33. The van der Waals surface area contributed by atoms with Crippen LogP contribution in [0.25, 0.3) is 0 Å². The summed E-state index contributed by atoms with van der Waals surface area (Å²) in [7, 11) is 0. The van der Waals surface area contributed by atoms with Crippen molar-refractivity contribution in [3.8, 4) is 11.8 Å². The van der Waals surface area contributed by atoms with E-state index in [4.69, 9.17) is 5.11 Å². The van der Waals surface area contributed by atoms with Gasteiger partial charge < -0.3 is 10.4 Å². The summed E-state index contributed by atoms with van der Waals surface area (Å²) in [5.41, 5.74) is 1.50. The van der Waals surface area contributed by atoms with Crippen molar-refractivity contribution < 1.29 is 14.7 Å². The van der Waals surface area contributed by atoms with Crippen LogP contribution in [-0.4, -0.2) is 17.0 Å². The van der Waals surface area contributed by atoms with Gasteiger partial charge in [-0.15, -0.1) is 0 Å². The van der Waals surface area contributed by atoms with Gasteiger partial charge in [0, 0.05) is 12.1 Å². The zero-order chi connectivity index (χ0) is 12.7. The van der Waals surface area contributed by atoms with Crippen LogP contribution >= 0.6 is 0 Å². The van der Waals surface area contributed by atoms with Crippen molar-refractivity contribution in [2.24, 2.45) is 0 Å². The Kier molecular flexibility index (Phi) is 4.77. The molecule has 0 atom stereocenters. The molecule has 1 aromatic carbocycles. The minimum atomic E-state index is -0.837. The van der Waals surface area contributed by atoms with E-state index >= 15 is 0 Å². The maximum absolute atomic E-state index is 11.2. The Bertz CT molecular complexity index is 483. The van der Waals surface area contributed by atoms with Crippen molar-refractivity contribution in [3.05, 3.63) is 29.8 Å². The van der Waals surface area contributed by atoms with E-state index in [1.54, 1.807) is 25.1 Å². The Hall–Kier alpha value is -2.28. The van der Waals surface area contributed by atoms with Gasteiger partial charge in [0.1, 0.15) is 0 Å². The molecule has 0 bridgehead atoms. The summed E-state index contributed by atoms with van der Waals surface area (Å²) in [6.45, 7) is 1.59. The van der Waals surface area contributed by atoms with Crippen LogP contribution in [0.5, 0.6) is 0 Å². The molecule has 0 unspecified atom stereocenters. The average molecular weight is 231 g/mol. The number of anilines is 1. The molecule has 0 radical (unpaired) electrons. The molecule has 0 heterocycles. The summed E-state index contributed by atoms with van der Waals surface area (Å²) >= 11 is 0. The molecule has 1 amide bonds. The van der Waals surface area contributed by atoms with Crippen molar-refractivity contribution in [2.45, 2.75) is 19.8 Å². The highest BCUT2D eigenvalue weighted by atomic mass is 16.4. The number of nitrogens with one attached hydrogen (secondary N) is 1. The number of carboxylic acids is 1. The number of carbonyl (C=O) groups excluding carboxylic acids is 1.